The Morgan fingerprint density at radius 2 is 2.00 bits per heavy atom. The lowest BCUT2D eigenvalue weighted by Crippen LogP contribution is -2.38. The van der Waals surface area contributed by atoms with Gasteiger partial charge < -0.3 is 15.5 Å². The minimum absolute atomic E-state index is 0. The Balaban J connectivity index is 0.00000200. The Labute approximate surface area is 125 Å². The van der Waals surface area contributed by atoms with Crippen molar-refractivity contribution in [3.63, 3.8) is 0 Å². The first-order valence-corrected chi connectivity index (χ1v) is 6.51. The summed E-state index contributed by atoms with van der Waals surface area (Å²) in [6.45, 7) is 6.06. The Bertz CT molecular complexity index is 593. The molecule has 2 aromatic rings. The van der Waals surface area contributed by atoms with Crippen LogP contribution in [0, 0.1) is 12.8 Å². The monoisotopic (exact) mass is 296 g/mol. The van der Waals surface area contributed by atoms with Crippen LogP contribution in [0.2, 0.25) is 0 Å². The van der Waals surface area contributed by atoms with E-state index in [1.807, 2.05) is 45.0 Å². The Kier molecular flexibility index (Phi) is 5.60. The van der Waals surface area contributed by atoms with Crippen molar-refractivity contribution in [1.82, 2.24) is 5.32 Å². The molecular formula is C15H21ClN2O2. The summed E-state index contributed by atoms with van der Waals surface area (Å²) in [5.74, 6) is 0.547. The molecule has 20 heavy (non-hydrogen) atoms. The van der Waals surface area contributed by atoms with Gasteiger partial charge in [-0.1, -0.05) is 25.1 Å². The van der Waals surface area contributed by atoms with Gasteiger partial charge in [-0.15, -0.1) is 12.4 Å². The zero-order valence-corrected chi connectivity index (χ0v) is 12.8. The molecule has 0 radical (unpaired) electrons. The quantitative estimate of drug-likeness (QED) is 0.911. The van der Waals surface area contributed by atoms with Crippen LogP contribution in [0.3, 0.4) is 0 Å². The van der Waals surface area contributed by atoms with Gasteiger partial charge in [-0.25, -0.2) is 0 Å². The number of aryl methyl sites for hydroxylation is 1. The number of hydrogen-bond donors (Lipinski definition) is 2. The topological polar surface area (TPSA) is 68.3 Å². The normalized spacial score (nSPS) is 13.6. The molecule has 3 N–H and O–H groups in total. The summed E-state index contributed by atoms with van der Waals surface area (Å²) in [5.41, 5.74) is 7.64. The third-order valence-corrected chi connectivity index (χ3v) is 3.57. The van der Waals surface area contributed by atoms with E-state index >= 15 is 0 Å². The molecule has 0 saturated carbocycles. The highest BCUT2D eigenvalue weighted by Gasteiger charge is 2.18. The second-order valence-corrected chi connectivity index (χ2v) is 5.01. The predicted octanol–water partition coefficient (Wildman–Crippen LogP) is 2.76. The van der Waals surface area contributed by atoms with Crippen molar-refractivity contribution in [3.8, 4) is 0 Å². The fourth-order valence-electron chi connectivity index (χ4n) is 1.96. The van der Waals surface area contributed by atoms with Gasteiger partial charge in [0.25, 0.3) is 0 Å². The number of halogens is 1. The highest BCUT2D eigenvalue weighted by molar-refractivity contribution is 5.85. The lowest BCUT2D eigenvalue weighted by Gasteiger charge is -2.14. The zero-order valence-electron chi connectivity index (χ0n) is 12.0. The van der Waals surface area contributed by atoms with E-state index < -0.39 is 0 Å². The van der Waals surface area contributed by atoms with Crippen molar-refractivity contribution in [2.75, 3.05) is 0 Å². The van der Waals surface area contributed by atoms with Crippen LogP contribution in [0.1, 0.15) is 25.2 Å². The lowest BCUT2D eigenvalue weighted by atomic mass is 10.0. The van der Waals surface area contributed by atoms with Crippen molar-refractivity contribution < 1.29 is 9.21 Å². The number of nitrogens with two attached hydrogens (primary N) is 1. The van der Waals surface area contributed by atoms with Gasteiger partial charge in [-0.3, -0.25) is 4.79 Å². The number of benzene rings is 1. The van der Waals surface area contributed by atoms with Gasteiger partial charge in [-0.2, -0.15) is 0 Å². The zero-order chi connectivity index (χ0) is 14.0. The van der Waals surface area contributed by atoms with E-state index in [2.05, 4.69) is 5.32 Å². The molecule has 2 unspecified atom stereocenters. The fourth-order valence-corrected chi connectivity index (χ4v) is 1.96. The number of carbonyl (C=O) groups excluding carboxylic acids is 1. The summed E-state index contributed by atoms with van der Waals surface area (Å²) < 4.78 is 5.74. The third kappa shape index (κ3) is 3.32. The number of furan rings is 1. The van der Waals surface area contributed by atoms with Gasteiger partial charge in [0.15, 0.2) is 0 Å². The van der Waals surface area contributed by atoms with Crippen molar-refractivity contribution in [2.24, 2.45) is 11.7 Å². The van der Waals surface area contributed by atoms with Crippen LogP contribution >= 0.6 is 12.4 Å². The minimum atomic E-state index is -0.204. The highest BCUT2D eigenvalue weighted by Crippen LogP contribution is 2.24. The highest BCUT2D eigenvalue weighted by atomic mass is 35.5. The van der Waals surface area contributed by atoms with Crippen molar-refractivity contribution >= 4 is 29.3 Å². The first kappa shape index (κ1) is 16.5. The smallest absolute Gasteiger partial charge is 0.224 e. The minimum Gasteiger partial charge on any atom is -0.459 e. The SMILES string of the molecule is Cc1c(CNC(=O)C(C)C(C)N)oc2ccccc12.Cl. The number of carbonyl (C=O) groups is 1. The summed E-state index contributed by atoms with van der Waals surface area (Å²) in [5, 5.41) is 3.96. The van der Waals surface area contributed by atoms with Crippen LogP contribution in [-0.4, -0.2) is 11.9 Å². The van der Waals surface area contributed by atoms with Crippen LogP contribution < -0.4 is 11.1 Å². The molecule has 1 aromatic heterocycles. The average Bonchev–Trinajstić information content (AvgIpc) is 2.72. The molecule has 0 aliphatic rings. The molecule has 2 atom stereocenters. The number of hydrogen-bond acceptors (Lipinski definition) is 3. The van der Waals surface area contributed by atoms with Gasteiger partial charge >= 0.3 is 0 Å². The molecule has 0 aliphatic heterocycles. The van der Waals surface area contributed by atoms with Gasteiger partial charge in [-0.05, 0) is 19.9 Å². The molecule has 0 spiro atoms. The maximum absolute atomic E-state index is 11.9. The average molecular weight is 297 g/mol. The number of para-hydroxylation sites is 1. The number of rotatable bonds is 4. The van der Waals surface area contributed by atoms with E-state index in [4.69, 9.17) is 10.2 Å². The summed E-state index contributed by atoms with van der Waals surface area (Å²) in [4.78, 5) is 11.9. The Morgan fingerprint density at radius 3 is 2.60 bits per heavy atom. The van der Waals surface area contributed by atoms with Gasteiger partial charge in [0.05, 0.1) is 6.54 Å². The first-order chi connectivity index (χ1) is 9.00. The maximum atomic E-state index is 11.9. The second-order valence-electron chi connectivity index (χ2n) is 5.01. The maximum Gasteiger partial charge on any atom is 0.224 e. The van der Waals surface area contributed by atoms with Crippen LogP contribution in [0.25, 0.3) is 11.0 Å². The summed E-state index contributed by atoms with van der Waals surface area (Å²) in [6, 6.07) is 7.70. The molecule has 5 heteroatoms. The Hall–Kier alpha value is -1.52. The van der Waals surface area contributed by atoms with Crippen molar-refractivity contribution in [3.05, 3.63) is 35.6 Å². The van der Waals surface area contributed by atoms with Gasteiger partial charge in [0.2, 0.25) is 5.91 Å². The summed E-state index contributed by atoms with van der Waals surface area (Å²) in [6.07, 6.45) is 0. The van der Waals surface area contributed by atoms with Gasteiger partial charge in [0.1, 0.15) is 11.3 Å². The predicted molar refractivity (Wildman–Crippen MR) is 82.9 cm³/mol. The molecular weight excluding hydrogens is 276 g/mol. The molecule has 1 amide bonds. The van der Waals surface area contributed by atoms with E-state index in [9.17, 15) is 4.79 Å². The van der Waals surface area contributed by atoms with Crippen molar-refractivity contribution in [1.29, 1.82) is 0 Å². The van der Waals surface area contributed by atoms with Gasteiger partial charge in [0, 0.05) is 22.9 Å². The van der Waals surface area contributed by atoms with E-state index in [1.165, 1.54) is 0 Å². The first-order valence-electron chi connectivity index (χ1n) is 6.51. The van der Waals surface area contributed by atoms with E-state index in [-0.39, 0.29) is 30.3 Å². The molecule has 2 rings (SSSR count). The molecule has 0 fully saturated rings. The number of fused-ring (bicyclic) bond motifs is 1. The molecule has 110 valence electrons. The van der Waals surface area contributed by atoms with Crippen molar-refractivity contribution in [2.45, 2.75) is 33.4 Å². The molecule has 4 nitrogen and oxygen atoms in total. The standard InChI is InChI=1S/C15H20N2O2.ClH/c1-9(11(3)16)15(18)17-8-14-10(2)12-6-4-5-7-13(12)19-14;/h4-7,9,11H,8,16H2,1-3H3,(H,17,18);1H. The Morgan fingerprint density at radius 1 is 1.35 bits per heavy atom. The molecule has 1 heterocycles. The van der Waals surface area contributed by atoms with Crippen LogP contribution in [0.4, 0.5) is 0 Å². The summed E-state index contributed by atoms with van der Waals surface area (Å²) >= 11 is 0. The van der Waals surface area contributed by atoms with Crippen LogP contribution in [0.5, 0.6) is 0 Å². The fraction of sp³-hybridized carbons (Fsp3) is 0.400. The molecule has 0 aliphatic carbocycles. The van der Waals surface area contributed by atoms with E-state index in [0.29, 0.717) is 6.54 Å². The van der Waals surface area contributed by atoms with E-state index in [0.717, 1.165) is 22.3 Å². The van der Waals surface area contributed by atoms with Crippen LogP contribution in [-0.2, 0) is 11.3 Å². The largest absolute Gasteiger partial charge is 0.459 e. The number of amides is 1. The van der Waals surface area contributed by atoms with Crippen LogP contribution in [0.15, 0.2) is 28.7 Å². The number of nitrogens with one attached hydrogen (secondary N) is 1. The lowest BCUT2D eigenvalue weighted by molar-refractivity contribution is -0.125. The molecule has 0 saturated heterocycles. The molecule has 0 bridgehead atoms. The second kappa shape index (κ2) is 6.77. The molecule has 1 aromatic carbocycles. The summed E-state index contributed by atoms with van der Waals surface area (Å²) in [7, 11) is 0. The third-order valence-electron chi connectivity index (χ3n) is 3.57. The van der Waals surface area contributed by atoms with E-state index in [1.54, 1.807) is 0 Å².